The second-order valence-electron chi connectivity index (χ2n) is 5.19. The van der Waals surface area contributed by atoms with Crippen molar-refractivity contribution in [2.24, 2.45) is 11.8 Å². The molecule has 0 radical (unpaired) electrons. The van der Waals surface area contributed by atoms with Crippen LogP contribution in [-0.4, -0.2) is 34.0 Å². The summed E-state index contributed by atoms with van der Waals surface area (Å²) in [4.78, 5) is 25.1. The first kappa shape index (κ1) is 16.9. The van der Waals surface area contributed by atoms with E-state index in [-0.39, 0.29) is 23.8 Å². The highest BCUT2D eigenvalue weighted by Crippen LogP contribution is 2.21. The van der Waals surface area contributed by atoms with Crippen LogP contribution in [0.3, 0.4) is 0 Å². The summed E-state index contributed by atoms with van der Waals surface area (Å²) < 4.78 is 0. The summed E-state index contributed by atoms with van der Waals surface area (Å²) in [5.74, 6) is -0.857. The first-order chi connectivity index (χ1) is 8.27. The van der Waals surface area contributed by atoms with Gasteiger partial charge in [0.2, 0.25) is 5.91 Å². The molecule has 4 heteroatoms. The highest BCUT2D eigenvalue weighted by atomic mass is 16.4. The van der Waals surface area contributed by atoms with Gasteiger partial charge in [0.25, 0.3) is 0 Å². The van der Waals surface area contributed by atoms with Crippen LogP contribution in [0.25, 0.3) is 0 Å². The van der Waals surface area contributed by atoms with Crippen molar-refractivity contribution in [2.45, 2.75) is 66.5 Å². The van der Waals surface area contributed by atoms with Crippen LogP contribution < -0.4 is 0 Å². The molecule has 106 valence electrons. The molecule has 18 heavy (non-hydrogen) atoms. The van der Waals surface area contributed by atoms with Gasteiger partial charge in [0.05, 0.1) is 0 Å². The van der Waals surface area contributed by atoms with E-state index in [1.54, 1.807) is 6.92 Å². The molecule has 0 aromatic heterocycles. The Morgan fingerprint density at radius 3 is 1.89 bits per heavy atom. The van der Waals surface area contributed by atoms with Crippen molar-refractivity contribution in [1.82, 2.24) is 4.90 Å². The van der Waals surface area contributed by atoms with E-state index in [0.717, 1.165) is 12.8 Å². The Morgan fingerprint density at radius 2 is 1.56 bits per heavy atom. The van der Waals surface area contributed by atoms with Crippen LogP contribution in [-0.2, 0) is 9.59 Å². The third-order valence-corrected chi connectivity index (χ3v) is 3.98. The molecule has 0 heterocycles. The van der Waals surface area contributed by atoms with Crippen molar-refractivity contribution >= 4 is 11.9 Å². The minimum atomic E-state index is -0.944. The number of carboxylic acids is 1. The van der Waals surface area contributed by atoms with Crippen molar-refractivity contribution in [3.63, 3.8) is 0 Å². The maximum atomic E-state index is 12.5. The first-order valence-corrected chi connectivity index (χ1v) is 6.82. The van der Waals surface area contributed by atoms with Crippen LogP contribution in [0.4, 0.5) is 0 Å². The summed E-state index contributed by atoms with van der Waals surface area (Å²) in [7, 11) is 0. The summed E-state index contributed by atoms with van der Waals surface area (Å²) in [6, 6.07) is -0.811. The summed E-state index contributed by atoms with van der Waals surface area (Å²) in [6.07, 6.45) is 1.68. The van der Waals surface area contributed by atoms with Gasteiger partial charge in [-0.15, -0.1) is 0 Å². The topological polar surface area (TPSA) is 57.6 Å². The molecule has 1 N–H and O–H groups in total. The Bertz CT molecular complexity index is 291. The molecular weight excluding hydrogens is 230 g/mol. The second kappa shape index (κ2) is 7.39. The molecular formula is C14H27NO3. The van der Waals surface area contributed by atoms with E-state index in [1.165, 1.54) is 4.90 Å². The predicted octanol–water partition coefficient (Wildman–Crippen LogP) is 2.77. The lowest BCUT2D eigenvalue weighted by molar-refractivity contribution is -0.154. The smallest absolute Gasteiger partial charge is 0.326 e. The molecule has 0 aliphatic heterocycles. The first-order valence-electron chi connectivity index (χ1n) is 6.82. The molecule has 0 fully saturated rings. The lowest BCUT2D eigenvalue weighted by Gasteiger charge is -2.35. The number of amides is 1. The van der Waals surface area contributed by atoms with E-state index in [4.69, 9.17) is 5.11 Å². The molecule has 0 saturated carbocycles. The quantitative estimate of drug-likeness (QED) is 0.763. The summed E-state index contributed by atoms with van der Waals surface area (Å²) in [6.45, 7) is 11.4. The molecule has 0 unspecified atom stereocenters. The second-order valence-corrected chi connectivity index (χ2v) is 5.19. The molecule has 0 aromatic rings. The number of hydrogen-bond acceptors (Lipinski definition) is 2. The van der Waals surface area contributed by atoms with Gasteiger partial charge < -0.3 is 10.0 Å². The van der Waals surface area contributed by atoms with Gasteiger partial charge in [-0.3, -0.25) is 4.79 Å². The van der Waals surface area contributed by atoms with E-state index < -0.39 is 12.0 Å². The number of nitrogens with zero attached hydrogens (tertiary/aromatic N) is 1. The third kappa shape index (κ3) is 4.00. The third-order valence-electron chi connectivity index (χ3n) is 3.98. The van der Waals surface area contributed by atoms with Gasteiger partial charge >= 0.3 is 5.97 Å². The van der Waals surface area contributed by atoms with Crippen LogP contribution in [0.5, 0.6) is 0 Å². The van der Waals surface area contributed by atoms with Crippen molar-refractivity contribution in [3.8, 4) is 0 Å². The fraction of sp³-hybridized carbons (Fsp3) is 0.857. The van der Waals surface area contributed by atoms with Gasteiger partial charge in [-0.1, -0.05) is 34.1 Å². The molecule has 1 amide bonds. The van der Waals surface area contributed by atoms with E-state index in [9.17, 15) is 9.59 Å². The Balaban J connectivity index is 5.08. The zero-order valence-electron chi connectivity index (χ0n) is 12.4. The van der Waals surface area contributed by atoms with Crippen molar-refractivity contribution < 1.29 is 14.7 Å². The van der Waals surface area contributed by atoms with Gasteiger partial charge in [-0.25, -0.2) is 4.79 Å². The molecule has 0 rings (SSSR count). The fourth-order valence-electron chi connectivity index (χ4n) is 1.94. The van der Waals surface area contributed by atoms with E-state index in [1.807, 2.05) is 34.6 Å². The van der Waals surface area contributed by atoms with Crippen molar-refractivity contribution in [2.75, 3.05) is 0 Å². The Hall–Kier alpha value is -1.06. The maximum Gasteiger partial charge on any atom is 0.326 e. The Labute approximate surface area is 110 Å². The average Bonchev–Trinajstić information content (AvgIpc) is 2.36. The van der Waals surface area contributed by atoms with Crippen LogP contribution in [0.2, 0.25) is 0 Å². The number of carbonyl (C=O) groups excluding carboxylic acids is 1. The van der Waals surface area contributed by atoms with Gasteiger partial charge in [0.1, 0.15) is 6.04 Å². The molecule has 0 aliphatic rings. The van der Waals surface area contributed by atoms with Crippen LogP contribution in [0.1, 0.15) is 54.4 Å². The Kier molecular flexibility index (Phi) is 6.96. The Morgan fingerprint density at radius 1 is 1.06 bits per heavy atom. The summed E-state index contributed by atoms with van der Waals surface area (Å²) in [5, 5.41) is 9.13. The van der Waals surface area contributed by atoms with Crippen LogP contribution in [0.15, 0.2) is 0 Å². The standard InChI is InChI=1S/C14H27NO3/c1-7-9(3)11(5)13(16)15(10(4)8-2)12(6)14(17)18/h9-12H,7-8H2,1-6H3,(H,17,18)/t9-,10-,11-,12-/m0/s1. The lowest BCUT2D eigenvalue weighted by Crippen LogP contribution is -2.50. The highest BCUT2D eigenvalue weighted by molar-refractivity contribution is 5.85. The monoisotopic (exact) mass is 257 g/mol. The van der Waals surface area contributed by atoms with Crippen molar-refractivity contribution in [1.29, 1.82) is 0 Å². The summed E-state index contributed by atoms with van der Waals surface area (Å²) in [5.41, 5.74) is 0. The van der Waals surface area contributed by atoms with E-state index >= 15 is 0 Å². The van der Waals surface area contributed by atoms with Crippen LogP contribution in [0, 0.1) is 11.8 Å². The minimum absolute atomic E-state index is 0.0462. The average molecular weight is 257 g/mol. The normalized spacial score (nSPS) is 17.7. The number of rotatable bonds is 7. The number of carboxylic acid groups (broad SMARTS) is 1. The zero-order valence-corrected chi connectivity index (χ0v) is 12.4. The zero-order chi connectivity index (χ0) is 14.5. The number of aliphatic carboxylic acids is 1. The number of hydrogen-bond donors (Lipinski definition) is 1. The predicted molar refractivity (Wildman–Crippen MR) is 72.3 cm³/mol. The SMILES string of the molecule is CC[C@H](C)[C@H](C)C(=O)N([C@@H](C)CC)[C@@H](C)C(=O)O. The summed E-state index contributed by atoms with van der Waals surface area (Å²) >= 11 is 0. The maximum absolute atomic E-state index is 12.5. The van der Waals surface area contributed by atoms with Gasteiger partial charge in [-0.05, 0) is 26.2 Å². The molecule has 0 saturated heterocycles. The molecule has 0 bridgehead atoms. The fourth-order valence-corrected chi connectivity index (χ4v) is 1.94. The molecule has 0 aromatic carbocycles. The molecule has 0 aliphatic carbocycles. The molecule has 4 nitrogen and oxygen atoms in total. The lowest BCUT2D eigenvalue weighted by atomic mass is 9.91. The van der Waals surface area contributed by atoms with Crippen LogP contribution >= 0.6 is 0 Å². The van der Waals surface area contributed by atoms with E-state index in [0.29, 0.717) is 0 Å². The minimum Gasteiger partial charge on any atom is -0.480 e. The van der Waals surface area contributed by atoms with Crippen molar-refractivity contribution in [3.05, 3.63) is 0 Å². The van der Waals surface area contributed by atoms with E-state index in [2.05, 4.69) is 0 Å². The molecule has 4 atom stereocenters. The number of carbonyl (C=O) groups is 2. The largest absolute Gasteiger partial charge is 0.480 e. The van der Waals surface area contributed by atoms with Gasteiger partial charge in [0.15, 0.2) is 0 Å². The van der Waals surface area contributed by atoms with Gasteiger partial charge in [0, 0.05) is 12.0 Å². The molecule has 0 spiro atoms. The highest BCUT2D eigenvalue weighted by Gasteiger charge is 2.33. The van der Waals surface area contributed by atoms with Gasteiger partial charge in [-0.2, -0.15) is 0 Å².